The summed E-state index contributed by atoms with van der Waals surface area (Å²) in [7, 11) is 2.33. The van der Waals surface area contributed by atoms with Gasteiger partial charge in [0.1, 0.15) is 0 Å². The maximum Gasteiger partial charge on any atom is 0.0546 e. The van der Waals surface area contributed by atoms with E-state index in [4.69, 9.17) is 4.74 Å². The number of hydrogen-bond donors (Lipinski definition) is 1. The summed E-state index contributed by atoms with van der Waals surface area (Å²) in [5.41, 5.74) is 0.338. The summed E-state index contributed by atoms with van der Waals surface area (Å²) >= 11 is 0. The molecule has 0 spiro atoms. The van der Waals surface area contributed by atoms with Crippen LogP contribution in [0.25, 0.3) is 0 Å². The predicted octanol–water partition coefficient (Wildman–Crippen LogP) is 2.90. The van der Waals surface area contributed by atoms with E-state index in [0.717, 1.165) is 38.3 Å². The first-order chi connectivity index (χ1) is 9.61. The minimum absolute atomic E-state index is 0.338. The van der Waals surface area contributed by atoms with E-state index in [1.807, 2.05) is 0 Å². The highest BCUT2D eigenvalue weighted by molar-refractivity contribution is 4.89. The van der Waals surface area contributed by atoms with Crippen LogP contribution >= 0.6 is 0 Å². The second-order valence-corrected chi connectivity index (χ2v) is 7.53. The van der Waals surface area contributed by atoms with Crippen molar-refractivity contribution in [1.82, 2.24) is 10.2 Å². The minimum atomic E-state index is 0.338. The highest BCUT2D eigenvalue weighted by Gasteiger charge is 2.35. The molecule has 1 saturated heterocycles. The molecule has 2 aliphatic rings. The number of rotatable bonds is 7. The van der Waals surface area contributed by atoms with E-state index in [2.05, 4.69) is 31.1 Å². The molecule has 118 valence electrons. The fraction of sp³-hybridized carbons (Fsp3) is 1.00. The number of nitrogens with one attached hydrogen (secondary N) is 1. The smallest absolute Gasteiger partial charge is 0.0546 e. The number of nitrogens with zero attached hydrogens (tertiary/aromatic N) is 1. The molecule has 1 atom stereocenters. The zero-order chi connectivity index (χ0) is 14.4. The summed E-state index contributed by atoms with van der Waals surface area (Å²) < 4.78 is 5.84. The van der Waals surface area contributed by atoms with Gasteiger partial charge in [0, 0.05) is 31.2 Å². The van der Waals surface area contributed by atoms with Gasteiger partial charge >= 0.3 is 0 Å². The fourth-order valence-corrected chi connectivity index (χ4v) is 3.86. The van der Waals surface area contributed by atoms with Gasteiger partial charge in [-0.25, -0.2) is 0 Å². The van der Waals surface area contributed by atoms with Gasteiger partial charge in [0.15, 0.2) is 0 Å². The quantitative estimate of drug-likeness (QED) is 0.777. The van der Waals surface area contributed by atoms with Crippen LogP contribution in [0.1, 0.15) is 52.4 Å². The molecule has 2 rings (SSSR count). The van der Waals surface area contributed by atoms with Gasteiger partial charge in [0.2, 0.25) is 0 Å². The summed E-state index contributed by atoms with van der Waals surface area (Å²) in [6, 6.07) is 0.818. The molecule has 0 aromatic rings. The molecule has 2 fully saturated rings. The molecule has 1 saturated carbocycles. The second kappa shape index (κ2) is 7.77. The monoisotopic (exact) mass is 282 g/mol. The largest absolute Gasteiger partial charge is 0.381 e. The Hall–Kier alpha value is -0.120. The fourth-order valence-electron chi connectivity index (χ4n) is 3.86. The molecule has 3 heteroatoms. The summed E-state index contributed by atoms with van der Waals surface area (Å²) in [5, 5.41) is 3.68. The molecule has 1 aliphatic heterocycles. The standard InChI is InChI=1S/C17H34N2O/c1-15(2)11-18-12-17(9-6-10-20-14-17)13-19(3)16-7-4-5-8-16/h15-16,18H,4-14H2,1-3H3. The van der Waals surface area contributed by atoms with Crippen LogP contribution in [0.5, 0.6) is 0 Å². The Morgan fingerprint density at radius 1 is 1.25 bits per heavy atom. The Kier molecular flexibility index (Phi) is 6.31. The maximum absolute atomic E-state index is 5.84. The zero-order valence-corrected chi connectivity index (χ0v) is 13.8. The van der Waals surface area contributed by atoms with Crippen LogP contribution in [0.2, 0.25) is 0 Å². The Bertz CT molecular complexity index is 268. The summed E-state index contributed by atoms with van der Waals surface area (Å²) in [6.07, 6.45) is 8.17. The number of ether oxygens (including phenoxy) is 1. The van der Waals surface area contributed by atoms with Crippen molar-refractivity contribution in [2.45, 2.75) is 58.4 Å². The average molecular weight is 282 g/mol. The minimum Gasteiger partial charge on any atom is -0.381 e. The zero-order valence-electron chi connectivity index (χ0n) is 13.8. The van der Waals surface area contributed by atoms with Crippen molar-refractivity contribution >= 4 is 0 Å². The first-order valence-corrected chi connectivity index (χ1v) is 8.60. The topological polar surface area (TPSA) is 24.5 Å². The first-order valence-electron chi connectivity index (χ1n) is 8.60. The van der Waals surface area contributed by atoms with Crippen molar-refractivity contribution in [2.24, 2.45) is 11.3 Å². The van der Waals surface area contributed by atoms with Crippen LogP contribution in [0.4, 0.5) is 0 Å². The van der Waals surface area contributed by atoms with Crippen molar-refractivity contribution in [2.75, 3.05) is 39.9 Å². The lowest BCUT2D eigenvalue weighted by Crippen LogP contribution is -2.50. The molecule has 3 nitrogen and oxygen atoms in total. The van der Waals surface area contributed by atoms with E-state index in [1.54, 1.807) is 0 Å². The Morgan fingerprint density at radius 3 is 2.60 bits per heavy atom. The third-order valence-electron chi connectivity index (χ3n) is 4.99. The van der Waals surface area contributed by atoms with Gasteiger partial charge < -0.3 is 15.0 Å². The molecule has 1 N–H and O–H groups in total. The average Bonchev–Trinajstić information content (AvgIpc) is 2.93. The normalized spacial score (nSPS) is 28.6. The van der Waals surface area contributed by atoms with Crippen LogP contribution in [0, 0.1) is 11.3 Å². The van der Waals surface area contributed by atoms with Gasteiger partial charge in [-0.3, -0.25) is 0 Å². The molecule has 1 unspecified atom stereocenters. The van der Waals surface area contributed by atoms with Gasteiger partial charge in [-0.2, -0.15) is 0 Å². The van der Waals surface area contributed by atoms with Crippen molar-refractivity contribution in [1.29, 1.82) is 0 Å². The van der Waals surface area contributed by atoms with Crippen molar-refractivity contribution in [3.8, 4) is 0 Å². The molecular formula is C17H34N2O. The van der Waals surface area contributed by atoms with Crippen molar-refractivity contribution in [3.05, 3.63) is 0 Å². The van der Waals surface area contributed by atoms with Gasteiger partial charge in [0.25, 0.3) is 0 Å². The van der Waals surface area contributed by atoms with Crippen LogP contribution in [-0.4, -0.2) is 50.8 Å². The molecule has 20 heavy (non-hydrogen) atoms. The second-order valence-electron chi connectivity index (χ2n) is 7.53. The molecule has 0 amide bonds. The molecular weight excluding hydrogens is 248 g/mol. The Balaban J connectivity index is 1.87. The first kappa shape index (κ1) is 16.3. The molecule has 0 bridgehead atoms. The summed E-state index contributed by atoms with van der Waals surface area (Å²) in [4.78, 5) is 2.62. The van der Waals surface area contributed by atoms with Gasteiger partial charge in [-0.1, -0.05) is 26.7 Å². The van der Waals surface area contributed by atoms with Crippen LogP contribution in [0.15, 0.2) is 0 Å². The lowest BCUT2D eigenvalue weighted by atomic mass is 9.81. The van der Waals surface area contributed by atoms with Crippen molar-refractivity contribution in [3.63, 3.8) is 0 Å². The molecule has 0 aromatic carbocycles. The third kappa shape index (κ3) is 4.71. The highest BCUT2D eigenvalue weighted by Crippen LogP contribution is 2.32. The maximum atomic E-state index is 5.84. The van der Waals surface area contributed by atoms with E-state index in [9.17, 15) is 0 Å². The van der Waals surface area contributed by atoms with Gasteiger partial charge in [0.05, 0.1) is 6.61 Å². The lowest BCUT2D eigenvalue weighted by molar-refractivity contribution is -0.0281. The van der Waals surface area contributed by atoms with E-state index in [1.165, 1.54) is 45.1 Å². The van der Waals surface area contributed by atoms with E-state index in [-0.39, 0.29) is 0 Å². The summed E-state index contributed by atoms with van der Waals surface area (Å²) in [5.74, 6) is 0.726. The molecule has 0 radical (unpaired) electrons. The van der Waals surface area contributed by atoms with Crippen LogP contribution in [-0.2, 0) is 4.74 Å². The predicted molar refractivity (Wildman–Crippen MR) is 85.1 cm³/mol. The van der Waals surface area contributed by atoms with E-state index in [0.29, 0.717) is 5.41 Å². The Labute approximate surface area is 125 Å². The Morgan fingerprint density at radius 2 is 2.00 bits per heavy atom. The molecule has 1 aliphatic carbocycles. The molecule has 0 aromatic heterocycles. The van der Waals surface area contributed by atoms with E-state index < -0.39 is 0 Å². The van der Waals surface area contributed by atoms with Crippen molar-refractivity contribution < 1.29 is 4.74 Å². The van der Waals surface area contributed by atoms with Gasteiger partial charge in [-0.05, 0) is 45.2 Å². The van der Waals surface area contributed by atoms with E-state index >= 15 is 0 Å². The summed E-state index contributed by atoms with van der Waals surface area (Å²) in [6.45, 7) is 9.89. The lowest BCUT2D eigenvalue weighted by Gasteiger charge is -2.42. The SMILES string of the molecule is CC(C)CNCC1(CN(C)C2CCCC2)CCCOC1. The van der Waals surface area contributed by atoms with Gasteiger partial charge in [-0.15, -0.1) is 0 Å². The molecule has 1 heterocycles. The van der Waals surface area contributed by atoms with Crippen LogP contribution < -0.4 is 5.32 Å². The third-order valence-corrected chi connectivity index (χ3v) is 4.99. The number of hydrogen-bond acceptors (Lipinski definition) is 3. The van der Waals surface area contributed by atoms with Crippen LogP contribution in [0.3, 0.4) is 0 Å². The highest BCUT2D eigenvalue weighted by atomic mass is 16.5.